The van der Waals surface area contributed by atoms with Crippen LogP contribution in [0.2, 0.25) is 0 Å². The average molecular weight is 340 g/mol. The summed E-state index contributed by atoms with van der Waals surface area (Å²) in [5, 5.41) is 3.09. The number of rotatable bonds is 4. The Hall–Kier alpha value is -1.84. The minimum absolute atomic E-state index is 0.0155. The van der Waals surface area contributed by atoms with Crippen molar-refractivity contribution in [3.8, 4) is 0 Å². The monoisotopic (exact) mass is 340 g/mol. The molecule has 0 unspecified atom stereocenters. The molecule has 0 bridgehead atoms. The van der Waals surface area contributed by atoms with Gasteiger partial charge >= 0.3 is 0 Å². The molecule has 1 N–H and O–H groups in total. The molecule has 1 aliphatic heterocycles. The van der Waals surface area contributed by atoms with Gasteiger partial charge in [-0.25, -0.2) is 0 Å². The molecule has 0 radical (unpaired) electrons. The second-order valence-electron chi connectivity index (χ2n) is 7.96. The van der Waals surface area contributed by atoms with Crippen LogP contribution in [0.4, 0.5) is 0 Å². The maximum absolute atomic E-state index is 13.2. The Morgan fingerprint density at radius 2 is 1.92 bits per heavy atom. The zero-order chi connectivity index (χ0) is 17.2. The van der Waals surface area contributed by atoms with E-state index in [0.717, 1.165) is 45.2 Å². The van der Waals surface area contributed by atoms with Gasteiger partial charge in [-0.2, -0.15) is 0 Å². The van der Waals surface area contributed by atoms with E-state index in [-0.39, 0.29) is 23.7 Å². The molecule has 25 heavy (non-hydrogen) atoms. The van der Waals surface area contributed by atoms with Crippen molar-refractivity contribution in [2.24, 2.45) is 11.8 Å². The Morgan fingerprint density at radius 3 is 2.76 bits per heavy atom. The van der Waals surface area contributed by atoms with Crippen molar-refractivity contribution in [2.75, 3.05) is 19.6 Å². The number of aryl methyl sites for hydroxylation is 1. The molecule has 2 amide bonds. The van der Waals surface area contributed by atoms with Crippen LogP contribution in [0.3, 0.4) is 0 Å². The third kappa shape index (κ3) is 3.73. The number of piperidine rings is 1. The van der Waals surface area contributed by atoms with Crippen molar-refractivity contribution in [1.29, 1.82) is 0 Å². The highest BCUT2D eigenvalue weighted by atomic mass is 16.2. The van der Waals surface area contributed by atoms with E-state index in [9.17, 15) is 9.59 Å². The molecule has 2 fully saturated rings. The molecule has 0 spiro atoms. The number of hydrogen-bond acceptors (Lipinski definition) is 2. The van der Waals surface area contributed by atoms with E-state index in [2.05, 4.69) is 23.5 Å². The van der Waals surface area contributed by atoms with Gasteiger partial charge in [-0.3, -0.25) is 9.59 Å². The van der Waals surface area contributed by atoms with Crippen LogP contribution in [0, 0.1) is 11.8 Å². The third-order valence-electron chi connectivity index (χ3n) is 6.03. The summed E-state index contributed by atoms with van der Waals surface area (Å²) in [6.07, 6.45) is 7.42. The highest BCUT2D eigenvalue weighted by Gasteiger charge is 2.34. The van der Waals surface area contributed by atoms with E-state index >= 15 is 0 Å². The van der Waals surface area contributed by atoms with E-state index in [0.29, 0.717) is 12.5 Å². The molecule has 1 aromatic carbocycles. The number of nitrogens with one attached hydrogen (secondary N) is 1. The van der Waals surface area contributed by atoms with Gasteiger partial charge in [-0.15, -0.1) is 0 Å². The Bertz CT molecular complexity index is 653. The molecule has 1 aromatic rings. The topological polar surface area (TPSA) is 49.4 Å². The Balaban J connectivity index is 1.41. The van der Waals surface area contributed by atoms with Gasteiger partial charge < -0.3 is 10.2 Å². The molecule has 1 saturated heterocycles. The molecular formula is C21H28N2O2. The fourth-order valence-electron chi connectivity index (χ4n) is 4.33. The van der Waals surface area contributed by atoms with Gasteiger partial charge in [0, 0.05) is 19.6 Å². The molecular weight excluding hydrogens is 312 g/mol. The normalized spacial score (nSPS) is 26.0. The zero-order valence-electron chi connectivity index (χ0n) is 14.9. The lowest BCUT2D eigenvalue weighted by Gasteiger charge is -2.36. The van der Waals surface area contributed by atoms with Gasteiger partial charge in [-0.05, 0) is 62.0 Å². The average Bonchev–Trinajstić information content (AvgIpc) is 3.49. The molecule has 1 saturated carbocycles. The molecule has 4 heteroatoms. The number of carbonyl (C=O) groups excluding carboxylic acids is 2. The lowest BCUT2D eigenvalue weighted by atomic mass is 9.81. The summed E-state index contributed by atoms with van der Waals surface area (Å²) in [6, 6.07) is 8.36. The zero-order valence-corrected chi connectivity index (χ0v) is 14.9. The fraction of sp³-hybridized carbons (Fsp3) is 0.619. The van der Waals surface area contributed by atoms with Gasteiger partial charge in [-0.1, -0.05) is 24.3 Å². The third-order valence-corrected chi connectivity index (χ3v) is 6.03. The number of fused-ring (bicyclic) bond motifs is 1. The minimum atomic E-state index is -0.0321. The van der Waals surface area contributed by atoms with Gasteiger partial charge in [0.05, 0.1) is 11.8 Å². The predicted molar refractivity (Wildman–Crippen MR) is 97.2 cm³/mol. The number of amides is 2. The summed E-state index contributed by atoms with van der Waals surface area (Å²) in [5.74, 6) is 1.03. The number of likely N-dealkylation sites (tertiary alicyclic amines) is 1. The molecule has 2 aliphatic carbocycles. The quantitative estimate of drug-likeness (QED) is 0.916. The van der Waals surface area contributed by atoms with Crippen molar-refractivity contribution in [2.45, 2.75) is 50.9 Å². The molecule has 0 aromatic heterocycles. The second kappa shape index (κ2) is 7.19. The maximum Gasteiger partial charge on any atom is 0.230 e. The fourth-order valence-corrected chi connectivity index (χ4v) is 4.33. The van der Waals surface area contributed by atoms with E-state index in [1.54, 1.807) is 0 Å². The van der Waals surface area contributed by atoms with E-state index in [4.69, 9.17) is 0 Å². The molecule has 2 atom stereocenters. The first-order chi connectivity index (χ1) is 12.2. The van der Waals surface area contributed by atoms with Crippen LogP contribution in [0.15, 0.2) is 24.3 Å². The van der Waals surface area contributed by atoms with Gasteiger partial charge in [0.15, 0.2) is 0 Å². The van der Waals surface area contributed by atoms with Gasteiger partial charge in [0.25, 0.3) is 0 Å². The Kier molecular flexibility index (Phi) is 4.78. The van der Waals surface area contributed by atoms with Crippen LogP contribution in [0.25, 0.3) is 0 Å². The number of hydrogen-bond donors (Lipinski definition) is 1. The largest absolute Gasteiger partial charge is 0.356 e. The Morgan fingerprint density at radius 1 is 1.08 bits per heavy atom. The summed E-state index contributed by atoms with van der Waals surface area (Å²) in [6.45, 7) is 2.21. The van der Waals surface area contributed by atoms with Gasteiger partial charge in [0.2, 0.25) is 11.8 Å². The highest BCUT2D eigenvalue weighted by molar-refractivity contribution is 5.86. The van der Waals surface area contributed by atoms with Crippen molar-refractivity contribution >= 4 is 11.8 Å². The first-order valence-corrected chi connectivity index (χ1v) is 9.86. The number of carbonyl (C=O) groups is 2. The molecule has 3 aliphatic rings. The maximum atomic E-state index is 13.2. The smallest absolute Gasteiger partial charge is 0.230 e. The molecule has 1 heterocycles. The lowest BCUT2D eigenvalue weighted by Crippen LogP contribution is -2.47. The Labute approximate surface area is 150 Å². The minimum Gasteiger partial charge on any atom is -0.356 e. The molecule has 4 rings (SSSR count). The summed E-state index contributed by atoms with van der Waals surface area (Å²) in [7, 11) is 0. The summed E-state index contributed by atoms with van der Waals surface area (Å²) < 4.78 is 0. The standard InChI is InChI=1S/C21H28N2O2/c24-20(22-13-15-10-11-15)17-7-4-12-23(14-17)21(25)19-9-3-6-16-5-1-2-8-18(16)19/h1-2,5,8,15,17,19H,3-4,6-7,9-14H2,(H,22,24)/t17-,19+/m1/s1. The predicted octanol–water partition coefficient (Wildman–Crippen LogP) is 2.87. The van der Waals surface area contributed by atoms with Crippen molar-refractivity contribution in [1.82, 2.24) is 10.2 Å². The van der Waals surface area contributed by atoms with Gasteiger partial charge in [0.1, 0.15) is 0 Å². The first-order valence-electron chi connectivity index (χ1n) is 9.86. The summed E-state index contributed by atoms with van der Waals surface area (Å²) >= 11 is 0. The van der Waals surface area contributed by atoms with Crippen LogP contribution in [-0.2, 0) is 16.0 Å². The van der Waals surface area contributed by atoms with Crippen LogP contribution in [0.1, 0.15) is 55.6 Å². The van der Waals surface area contributed by atoms with Crippen LogP contribution < -0.4 is 5.32 Å². The summed E-state index contributed by atoms with van der Waals surface area (Å²) in [5.41, 5.74) is 2.53. The van der Waals surface area contributed by atoms with Crippen LogP contribution in [0.5, 0.6) is 0 Å². The SMILES string of the molecule is O=C(NCC1CC1)[C@@H]1CCCN(C(=O)[C@H]2CCCc3ccccc32)C1. The van der Waals surface area contributed by atoms with E-state index < -0.39 is 0 Å². The van der Waals surface area contributed by atoms with Crippen molar-refractivity contribution < 1.29 is 9.59 Å². The first kappa shape index (κ1) is 16.6. The van der Waals surface area contributed by atoms with E-state index in [1.165, 1.54) is 24.0 Å². The van der Waals surface area contributed by atoms with Crippen LogP contribution >= 0.6 is 0 Å². The second-order valence-corrected chi connectivity index (χ2v) is 7.96. The van der Waals surface area contributed by atoms with Crippen molar-refractivity contribution in [3.63, 3.8) is 0 Å². The van der Waals surface area contributed by atoms with Crippen LogP contribution in [-0.4, -0.2) is 36.3 Å². The van der Waals surface area contributed by atoms with E-state index in [1.807, 2.05) is 11.0 Å². The van der Waals surface area contributed by atoms with Crippen molar-refractivity contribution in [3.05, 3.63) is 35.4 Å². The lowest BCUT2D eigenvalue weighted by molar-refractivity contribution is -0.137. The number of nitrogens with zero attached hydrogens (tertiary/aromatic N) is 1. The number of benzene rings is 1. The molecule has 4 nitrogen and oxygen atoms in total. The molecule has 134 valence electrons. The highest BCUT2D eigenvalue weighted by Crippen LogP contribution is 2.34. The summed E-state index contributed by atoms with van der Waals surface area (Å²) in [4.78, 5) is 27.5.